The Kier molecular flexibility index (Phi) is 3.35. The number of aryl methyl sites for hydroxylation is 2. The van der Waals surface area contributed by atoms with Gasteiger partial charge in [0.15, 0.2) is 0 Å². The lowest BCUT2D eigenvalue weighted by atomic mass is 10.1. The Labute approximate surface area is 113 Å². The highest BCUT2D eigenvalue weighted by atomic mass is 16.6. The molecule has 0 N–H and O–H groups in total. The Hall–Kier alpha value is -1.84. The molecule has 2 aromatic rings. The Bertz CT molecular complexity index is 621. The van der Waals surface area contributed by atoms with E-state index in [4.69, 9.17) is 4.74 Å². The van der Waals surface area contributed by atoms with Crippen LogP contribution in [0.1, 0.15) is 38.8 Å². The highest BCUT2D eigenvalue weighted by Crippen LogP contribution is 2.24. The average Bonchev–Trinajstić information content (AvgIpc) is 2.67. The van der Waals surface area contributed by atoms with E-state index in [9.17, 15) is 4.79 Å². The van der Waals surface area contributed by atoms with Gasteiger partial charge >= 0.3 is 6.09 Å². The molecule has 0 unspecified atom stereocenters. The average molecular weight is 260 g/mol. The number of pyridine rings is 1. The molecule has 0 spiro atoms. The van der Waals surface area contributed by atoms with E-state index >= 15 is 0 Å². The third kappa shape index (κ3) is 2.62. The first-order valence-electron chi connectivity index (χ1n) is 6.52. The van der Waals surface area contributed by atoms with Crippen LogP contribution in [0.15, 0.2) is 18.5 Å². The number of fused-ring (bicyclic) bond motifs is 1. The molecule has 2 heterocycles. The highest BCUT2D eigenvalue weighted by molar-refractivity contribution is 5.91. The van der Waals surface area contributed by atoms with Gasteiger partial charge < -0.3 is 4.74 Å². The standard InChI is InChI=1S/C15H20N2O2/c1-6-11-9-17(14(18)19-15(3,4)5)13-12(11)10(2)7-8-16-13/h7-9H,6H2,1-5H3. The number of hydrogen-bond acceptors (Lipinski definition) is 3. The van der Waals surface area contributed by atoms with Crippen molar-refractivity contribution in [1.82, 2.24) is 9.55 Å². The van der Waals surface area contributed by atoms with Gasteiger partial charge in [-0.15, -0.1) is 0 Å². The summed E-state index contributed by atoms with van der Waals surface area (Å²) in [6.45, 7) is 9.67. The third-order valence-corrected chi connectivity index (χ3v) is 2.94. The summed E-state index contributed by atoms with van der Waals surface area (Å²) in [7, 11) is 0. The van der Waals surface area contributed by atoms with Crippen molar-refractivity contribution in [2.24, 2.45) is 0 Å². The maximum absolute atomic E-state index is 12.2. The topological polar surface area (TPSA) is 44.1 Å². The SMILES string of the molecule is CCc1cn(C(=O)OC(C)(C)C)c2nccc(C)c12. The number of nitrogens with zero attached hydrogens (tertiary/aromatic N) is 2. The van der Waals surface area contributed by atoms with Gasteiger partial charge in [-0.1, -0.05) is 6.92 Å². The van der Waals surface area contributed by atoms with Gasteiger partial charge in [-0.25, -0.2) is 14.3 Å². The first kappa shape index (κ1) is 13.6. The van der Waals surface area contributed by atoms with Crippen LogP contribution in [0.3, 0.4) is 0 Å². The van der Waals surface area contributed by atoms with Crippen LogP contribution >= 0.6 is 0 Å². The lowest BCUT2D eigenvalue weighted by molar-refractivity contribution is 0.0543. The van der Waals surface area contributed by atoms with Crippen LogP contribution in [0.4, 0.5) is 4.79 Å². The van der Waals surface area contributed by atoms with Crippen molar-refractivity contribution in [1.29, 1.82) is 0 Å². The van der Waals surface area contributed by atoms with Crippen LogP contribution in [-0.2, 0) is 11.2 Å². The molecule has 0 saturated heterocycles. The normalized spacial score (nSPS) is 11.8. The summed E-state index contributed by atoms with van der Waals surface area (Å²) in [6.07, 6.45) is 4.03. The quantitative estimate of drug-likeness (QED) is 0.785. The van der Waals surface area contributed by atoms with E-state index in [2.05, 4.69) is 11.9 Å². The molecule has 4 nitrogen and oxygen atoms in total. The maximum Gasteiger partial charge on any atom is 0.420 e. The summed E-state index contributed by atoms with van der Waals surface area (Å²) in [5, 5.41) is 1.05. The Morgan fingerprint density at radius 1 is 1.42 bits per heavy atom. The molecule has 2 rings (SSSR count). The zero-order valence-electron chi connectivity index (χ0n) is 12.2. The summed E-state index contributed by atoms with van der Waals surface area (Å²) < 4.78 is 6.92. The first-order chi connectivity index (χ1) is 8.83. The highest BCUT2D eigenvalue weighted by Gasteiger charge is 2.21. The monoisotopic (exact) mass is 260 g/mol. The number of carbonyl (C=O) groups is 1. The second-order valence-electron chi connectivity index (χ2n) is 5.68. The second kappa shape index (κ2) is 4.68. The smallest absolute Gasteiger partial charge is 0.420 e. The molecule has 19 heavy (non-hydrogen) atoms. The van der Waals surface area contributed by atoms with Crippen LogP contribution in [0, 0.1) is 6.92 Å². The molecule has 102 valence electrons. The Morgan fingerprint density at radius 2 is 2.11 bits per heavy atom. The van der Waals surface area contributed by atoms with Crippen molar-refractivity contribution in [3.63, 3.8) is 0 Å². The zero-order chi connectivity index (χ0) is 14.2. The van der Waals surface area contributed by atoms with Crippen molar-refractivity contribution >= 4 is 17.1 Å². The zero-order valence-corrected chi connectivity index (χ0v) is 12.2. The molecule has 0 aliphatic rings. The second-order valence-corrected chi connectivity index (χ2v) is 5.68. The van der Waals surface area contributed by atoms with E-state index in [1.54, 1.807) is 6.20 Å². The van der Waals surface area contributed by atoms with Gasteiger partial charge in [0.2, 0.25) is 0 Å². The third-order valence-electron chi connectivity index (χ3n) is 2.94. The van der Waals surface area contributed by atoms with Crippen molar-refractivity contribution in [2.75, 3.05) is 0 Å². The van der Waals surface area contributed by atoms with Gasteiger partial charge in [-0.3, -0.25) is 0 Å². The fourth-order valence-corrected chi connectivity index (χ4v) is 2.12. The molecule has 4 heteroatoms. The van der Waals surface area contributed by atoms with Gasteiger partial charge in [0.05, 0.1) is 0 Å². The Morgan fingerprint density at radius 3 is 2.68 bits per heavy atom. The predicted octanol–water partition coefficient (Wildman–Crippen LogP) is 3.69. The van der Waals surface area contributed by atoms with E-state index in [1.807, 2.05) is 40.0 Å². The minimum atomic E-state index is -0.510. The predicted molar refractivity (Wildman–Crippen MR) is 75.5 cm³/mol. The van der Waals surface area contributed by atoms with E-state index in [-0.39, 0.29) is 6.09 Å². The van der Waals surface area contributed by atoms with Gasteiger partial charge in [0.25, 0.3) is 0 Å². The van der Waals surface area contributed by atoms with Crippen molar-refractivity contribution in [2.45, 2.75) is 46.6 Å². The summed E-state index contributed by atoms with van der Waals surface area (Å²) >= 11 is 0. The van der Waals surface area contributed by atoms with Gasteiger partial charge in [0.1, 0.15) is 11.2 Å². The molecule has 0 radical (unpaired) electrons. The summed E-state index contributed by atoms with van der Waals surface area (Å²) in [4.78, 5) is 16.5. The molecule has 0 atom stereocenters. The van der Waals surface area contributed by atoms with Crippen LogP contribution in [0.2, 0.25) is 0 Å². The number of carbonyl (C=O) groups excluding carboxylic acids is 1. The lowest BCUT2D eigenvalue weighted by Crippen LogP contribution is -2.26. The van der Waals surface area contributed by atoms with E-state index in [0.717, 1.165) is 22.9 Å². The summed E-state index contributed by atoms with van der Waals surface area (Å²) in [5.74, 6) is 0. The van der Waals surface area contributed by atoms with Crippen LogP contribution in [-0.4, -0.2) is 21.2 Å². The molecular weight excluding hydrogens is 240 g/mol. The van der Waals surface area contributed by atoms with E-state index in [1.165, 1.54) is 4.57 Å². The van der Waals surface area contributed by atoms with E-state index < -0.39 is 5.60 Å². The molecule has 0 aliphatic carbocycles. The molecule has 0 fully saturated rings. The lowest BCUT2D eigenvalue weighted by Gasteiger charge is -2.19. The van der Waals surface area contributed by atoms with Gasteiger partial charge in [-0.05, 0) is 51.3 Å². The van der Waals surface area contributed by atoms with Gasteiger partial charge in [-0.2, -0.15) is 0 Å². The Balaban J connectivity index is 2.56. The number of aromatic nitrogens is 2. The summed E-state index contributed by atoms with van der Waals surface area (Å²) in [5.41, 5.74) is 2.41. The van der Waals surface area contributed by atoms with Crippen LogP contribution < -0.4 is 0 Å². The fraction of sp³-hybridized carbons (Fsp3) is 0.467. The number of hydrogen-bond donors (Lipinski definition) is 0. The van der Waals surface area contributed by atoms with Crippen molar-refractivity contribution in [3.05, 3.63) is 29.6 Å². The number of ether oxygens (including phenoxy) is 1. The molecule has 0 aliphatic heterocycles. The maximum atomic E-state index is 12.2. The fourth-order valence-electron chi connectivity index (χ4n) is 2.12. The van der Waals surface area contributed by atoms with Crippen LogP contribution in [0.5, 0.6) is 0 Å². The van der Waals surface area contributed by atoms with Gasteiger partial charge in [0, 0.05) is 17.8 Å². The minimum Gasteiger partial charge on any atom is -0.443 e. The molecular formula is C15H20N2O2. The minimum absolute atomic E-state index is 0.379. The number of rotatable bonds is 1. The molecule has 0 amide bonds. The van der Waals surface area contributed by atoms with Crippen molar-refractivity contribution in [3.8, 4) is 0 Å². The molecule has 0 aromatic carbocycles. The van der Waals surface area contributed by atoms with E-state index in [0.29, 0.717) is 5.65 Å². The molecule has 0 bridgehead atoms. The first-order valence-corrected chi connectivity index (χ1v) is 6.52. The largest absolute Gasteiger partial charge is 0.443 e. The molecule has 2 aromatic heterocycles. The van der Waals surface area contributed by atoms with Crippen LogP contribution in [0.25, 0.3) is 11.0 Å². The van der Waals surface area contributed by atoms with Crippen molar-refractivity contribution < 1.29 is 9.53 Å². The summed E-state index contributed by atoms with van der Waals surface area (Å²) in [6, 6.07) is 1.96. The molecule has 0 saturated carbocycles.